The van der Waals surface area contributed by atoms with Gasteiger partial charge in [0, 0.05) is 85.7 Å². The lowest BCUT2D eigenvalue weighted by molar-refractivity contribution is -0.136. The Hall–Kier alpha value is -4.09. The molecule has 0 radical (unpaired) electrons. The number of anilines is 1. The largest absolute Gasteiger partial charge is 0.486 e. The predicted octanol–water partition coefficient (Wildman–Crippen LogP) is 7.15. The van der Waals surface area contributed by atoms with Crippen LogP contribution in [0.3, 0.4) is 0 Å². The van der Waals surface area contributed by atoms with Crippen molar-refractivity contribution in [2.24, 2.45) is 11.3 Å². The third-order valence-corrected chi connectivity index (χ3v) is 10.4. The summed E-state index contributed by atoms with van der Waals surface area (Å²) in [5.41, 5.74) is 2.83. The van der Waals surface area contributed by atoms with E-state index in [9.17, 15) is 9.59 Å². The molecule has 7 rings (SSSR count). The summed E-state index contributed by atoms with van der Waals surface area (Å²) >= 11 is 12.7. The topological polar surface area (TPSA) is 117 Å². The molecular weight excluding hydrogens is 665 g/mol. The van der Waals surface area contributed by atoms with E-state index in [1.807, 2.05) is 69.1 Å². The van der Waals surface area contributed by atoms with Crippen molar-refractivity contribution in [2.75, 3.05) is 44.2 Å². The van der Waals surface area contributed by atoms with E-state index in [-0.39, 0.29) is 29.4 Å². The Bertz CT molecular complexity index is 1840. The number of aromatic nitrogens is 4. The number of fused-ring (bicyclic) bond motifs is 1. The van der Waals surface area contributed by atoms with Crippen molar-refractivity contribution in [3.63, 3.8) is 0 Å². The number of aromatic amines is 1. The van der Waals surface area contributed by atoms with Gasteiger partial charge in [0.2, 0.25) is 5.91 Å². The molecule has 1 spiro atoms. The molecule has 1 atom stereocenters. The van der Waals surface area contributed by atoms with Gasteiger partial charge in [0.05, 0.1) is 15.6 Å². The number of carbonyl (C=O) groups excluding carboxylic acids is 2. The first-order valence-corrected chi connectivity index (χ1v) is 17.6. The van der Waals surface area contributed by atoms with Crippen LogP contribution in [0.1, 0.15) is 58.6 Å². The molecule has 6 heterocycles. The molecule has 3 aliphatic heterocycles. The zero-order valence-electron chi connectivity index (χ0n) is 28.2. The summed E-state index contributed by atoms with van der Waals surface area (Å²) in [5, 5.41) is 9.52. The molecule has 0 unspecified atom stereocenters. The number of carbonyl (C=O) groups is 2. The van der Waals surface area contributed by atoms with Crippen molar-refractivity contribution in [2.45, 2.75) is 58.7 Å². The van der Waals surface area contributed by atoms with Crippen LogP contribution in [-0.2, 0) is 9.53 Å². The van der Waals surface area contributed by atoms with Crippen LogP contribution in [0.15, 0.2) is 48.9 Å². The third kappa shape index (κ3) is 6.88. The van der Waals surface area contributed by atoms with Crippen LogP contribution in [0, 0.1) is 11.3 Å². The second kappa shape index (κ2) is 13.0. The fraction of sp³-hybridized carbons (Fsp3) is 0.472. The molecule has 1 aromatic carbocycles. The standard InChI is InChI=1S/C36H41Cl2N7O4/c1-22(31-27(37)17-39-18-28(31)38)48-25-6-7-29-26(15-25)32(42-41-29)24-5-8-30(40-16-24)45-20-36(21-45)11-14-44(19-36)33(46)23-9-12-43(13-10-23)34(47)49-35(2,3)4/h5-8,15-18,22-23H,9-14,19-21H2,1-4H3,(H,41,42)/t22-/m1/s1. The zero-order valence-corrected chi connectivity index (χ0v) is 29.7. The van der Waals surface area contributed by atoms with Gasteiger partial charge in [-0.1, -0.05) is 23.2 Å². The maximum Gasteiger partial charge on any atom is 0.410 e. The van der Waals surface area contributed by atoms with Gasteiger partial charge < -0.3 is 24.2 Å². The molecule has 0 bridgehead atoms. The Kier molecular flexibility index (Phi) is 8.85. The van der Waals surface area contributed by atoms with Crippen molar-refractivity contribution >= 4 is 51.9 Å². The fourth-order valence-electron chi connectivity index (χ4n) is 7.27. The maximum absolute atomic E-state index is 13.4. The summed E-state index contributed by atoms with van der Waals surface area (Å²) in [4.78, 5) is 40.7. The lowest BCUT2D eigenvalue weighted by atomic mass is 9.79. The van der Waals surface area contributed by atoms with E-state index in [0.29, 0.717) is 47.3 Å². The van der Waals surface area contributed by atoms with Gasteiger partial charge in [0.25, 0.3) is 0 Å². The van der Waals surface area contributed by atoms with Gasteiger partial charge in [-0.25, -0.2) is 9.78 Å². The summed E-state index contributed by atoms with van der Waals surface area (Å²) < 4.78 is 11.7. The Balaban J connectivity index is 0.943. The van der Waals surface area contributed by atoms with Gasteiger partial charge in [0.1, 0.15) is 29.0 Å². The lowest BCUT2D eigenvalue weighted by Crippen LogP contribution is -2.58. The average molecular weight is 707 g/mol. The molecule has 1 N–H and O–H groups in total. The Morgan fingerprint density at radius 3 is 2.39 bits per heavy atom. The number of H-pyrrole nitrogens is 1. The molecule has 3 aliphatic rings. The summed E-state index contributed by atoms with van der Waals surface area (Å²) in [7, 11) is 0. The number of hydrogen-bond donors (Lipinski definition) is 1. The van der Waals surface area contributed by atoms with Crippen molar-refractivity contribution in [3.05, 3.63) is 64.5 Å². The number of nitrogens with one attached hydrogen (secondary N) is 1. The number of rotatable bonds is 6. The molecule has 0 saturated carbocycles. The zero-order chi connectivity index (χ0) is 34.5. The first kappa shape index (κ1) is 33.4. The minimum Gasteiger partial charge on any atom is -0.486 e. The molecule has 3 aromatic heterocycles. The summed E-state index contributed by atoms with van der Waals surface area (Å²) in [6.07, 6.45) is 6.64. The number of pyridine rings is 2. The lowest BCUT2D eigenvalue weighted by Gasteiger charge is -2.48. The SMILES string of the molecule is C[C@@H](Oc1ccc2[nH]nc(-c3ccc(N4CC5(CCN(C(=O)C6CCN(C(=O)OC(C)(C)C)CC6)C5)C4)nc3)c2c1)c1c(Cl)cncc1Cl. The first-order valence-electron chi connectivity index (χ1n) is 16.8. The molecule has 2 amide bonds. The van der Waals surface area contributed by atoms with E-state index in [0.717, 1.165) is 60.6 Å². The van der Waals surface area contributed by atoms with E-state index in [1.54, 1.807) is 17.3 Å². The first-order chi connectivity index (χ1) is 23.4. The highest BCUT2D eigenvalue weighted by Gasteiger charge is 2.50. The van der Waals surface area contributed by atoms with Crippen molar-refractivity contribution in [1.29, 1.82) is 0 Å². The van der Waals surface area contributed by atoms with E-state index in [4.69, 9.17) is 37.7 Å². The monoisotopic (exact) mass is 705 g/mol. The van der Waals surface area contributed by atoms with Crippen LogP contribution in [0.5, 0.6) is 5.75 Å². The number of hydrogen-bond acceptors (Lipinski definition) is 8. The molecule has 49 heavy (non-hydrogen) atoms. The molecule has 11 nitrogen and oxygen atoms in total. The van der Waals surface area contributed by atoms with Crippen LogP contribution in [0.2, 0.25) is 10.0 Å². The number of piperidine rings is 1. The molecule has 13 heteroatoms. The van der Waals surface area contributed by atoms with Crippen LogP contribution >= 0.6 is 23.2 Å². The van der Waals surface area contributed by atoms with Crippen LogP contribution < -0.4 is 9.64 Å². The van der Waals surface area contributed by atoms with Crippen LogP contribution in [-0.4, -0.2) is 86.8 Å². The number of likely N-dealkylation sites (tertiary alicyclic amines) is 2. The molecule has 0 aliphatic carbocycles. The number of nitrogens with zero attached hydrogens (tertiary/aromatic N) is 6. The molecule has 3 saturated heterocycles. The number of ether oxygens (including phenoxy) is 2. The van der Waals surface area contributed by atoms with E-state index < -0.39 is 5.60 Å². The third-order valence-electron chi connectivity index (χ3n) is 9.79. The highest BCUT2D eigenvalue weighted by Crippen LogP contribution is 2.42. The van der Waals surface area contributed by atoms with Crippen molar-refractivity contribution in [1.82, 2.24) is 30.0 Å². The Labute approximate surface area is 295 Å². The van der Waals surface area contributed by atoms with Gasteiger partial charge in [-0.05, 0) is 77.3 Å². The molecular formula is C36H41Cl2N7O4. The second-order valence-electron chi connectivity index (χ2n) is 14.6. The normalized spacial score (nSPS) is 18.5. The number of amides is 2. The molecule has 258 valence electrons. The highest BCUT2D eigenvalue weighted by atomic mass is 35.5. The smallest absolute Gasteiger partial charge is 0.410 e. The second-order valence-corrected chi connectivity index (χ2v) is 15.4. The molecule has 3 fully saturated rings. The minimum atomic E-state index is -0.524. The Morgan fingerprint density at radius 1 is 0.980 bits per heavy atom. The summed E-state index contributed by atoms with van der Waals surface area (Å²) in [6.45, 7) is 11.9. The van der Waals surface area contributed by atoms with Gasteiger partial charge in [0.15, 0.2) is 0 Å². The quantitative estimate of drug-likeness (QED) is 0.225. The Morgan fingerprint density at radius 2 is 1.71 bits per heavy atom. The minimum absolute atomic E-state index is 0.0400. The van der Waals surface area contributed by atoms with E-state index >= 15 is 0 Å². The predicted molar refractivity (Wildman–Crippen MR) is 189 cm³/mol. The number of benzene rings is 1. The van der Waals surface area contributed by atoms with Crippen LogP contribution in [0.25, 0.3) is 22.2 Å². The molecule has 4 aromatic rings. The fourth-order valence-corrected chi connectivity index (χ4v) is 7.94. The van der Waals surface area contributed by atoms with Crippen molar-refractivity contribution in [3.8, 4) is 17.0 Å². The van der Waals surface area contributed by atoms with E-state index in [2.05, 4.69) is 20.1 Å². The average Bonchev–Trinajstić information content (AvgIpc) is 3.68. The summed E-state index contributed by atoms with van der Waals surface area (Å²) in [6, 6.07) is 9.86. The number of halogens is 2. The van der Waals surface area contributed by atoms with E-state index in [1.165, 1.54) is 0 Å². The van der Waals surface area contributed by atoms with Gasteiger partial charge >= 0.3 is 6.09 Å². The van der Waals surface area contributed by atoms with Crippen molar-refractivity contribution < 1.29 is 19.1 Å². The van der Waals surface area contributed by atoms with Gasteiger partial charge in [-0.15, -0.1) is 0 Å². The van der Waals surface area contributed by atoms with Gasteiger partial charge in [-0.2, -0.15) is 5.10 Å². The highest BCUT2D eigenvalue weighted by molar-refractivity contribution is 6.35. The summed E-state index contributed by atoms with van der Waals surface area (Å²) in [5.74, 6) is 1.76. The van der Waals surface area contributed by atoms with Gasteiger partial charge in [-0.3, -0.25) is 14.9 Å². The maximum atomic E-state index is 13.4. The van der Waals surface area contributed by atoms with Crippen LogP contribution in [0.4, 0.5) is 10.6 Å².